The maximum atomic E-state index is 12.4. The van der Waals surface area contributed by atoms with Crippen LogP contribution in [0, 0.1) is 0 Å². The summed E-state index contributed by atoms with van der Waals surface area (Å²) in [6.45, 7) is 0. The van der Waals surface area contributed by atoms with Crippen molar-refractivity contribution in [3.05, 3.63) is 71.0 Å². The number of aromatic nitrogens is 1. The zero-order valence-corrected chi connectivity index (χ0v) is 13.5. The Bertz CT molecular complexity index is 781. The van der Waals surface area contributed by atoms with Gasteiger partial charge in [-0.25, -0.2) is 0 Å². The van der Waals surface area contributed by atoms with Crippen molar-refractivity contribution in [3.8, 4) is 0 Å². The van der Waals surface area contributed by atoms with E-state index in [0.29, 0.717) is 11.3 Å². The molecule has 0 atom stereocenters. The molecule has 21 heavy (non-hydrogen) atoms. The number of Topliss-reactive ketones (excluding diaryl/α,β-unsaturated/α-hetero) is 1. The Kier molecular flexibility index (Phi) is 4.36. The van der Waals surface area contributed by atoms with E-state index in [1.165, 1.54) is 0 Å². The highest BCUT2D eigenvalue weighted by molar-refractivity contribution is 9.10. The first-order valence-electron chi connectivity index (χ1n) is 6.48. The zero-order valence-electron chi connectivity index (χ0n) is 11.1. The van der Waals surface area contributed by atoms with Crippen LogP contribution in [0.3, 0.4) is 0 Å². The molecular weight excluding hydrogens is 346 g/mol. The molecule has 0 spiro atoms. The van der Waals surface area contributed by atoms with Crippen molar-refractivity contribution < 1.29 is 4.79 Å². The second kappa shape index (κ2) is 6.41. The Hall–Kier alpha value is -1.65. The standard InChI is InChI=1S/C17H12BrNOS/c18-13-5-7-14(8-6-13)21-11-17(20)16-10-19-9-12-3-1-2-4-15(12)16/h1-10H,11H2. The summed E-state index contributed by atoms with van der Waals surface area (Å²) in [7, 11) is 0. The highest BCUT2D eigenvalue weighted by Crippen LogP contribution is 2.23. The van der Waals surface area contributed by atoms with Crippen molar-refractivity contribution >= 4 is 44.2 Å². The Balaban J connectivity index is 1.79. The summed E-state index contributed by atoms with van der Waals surface area (Å²) in [5, 5.41) is 1.96. The van der Waals surface area contributed by atoms with E-state index in [0.717, 1.165) is 20.1 Å². The largest absolute Gasteiger partial charge is 0.293 e. The molecule has 0 aliphatic carbocycles. The average Bonchev–Trinajstić information content (AvgIpc) is 2.53. The normalized spacial score (nSPS) is 10.7. The Labute approximate surface area is 135 Å². The second-order valence-electron chi connectivity index (χ2n) is 4.57. The fraction of sp³-hybridized carbons (Fsp3) is 0.0588. The van der Waals surface area contributed by atoms with Crippen LogP contribution in [0.15, 0.2) is 70.3 Å². The highest BCUT2D eigenvalue weighted by Gasteiger charge is 2.10. The number of carbonyl (C=O) groups excluding carboxylic acids is 1. The van der Waals surface area contributed by atoms with Gasteiger partial charge in [0.2, 0.25) is 0 Å². The Morgan fingerprint density at radius 1 is 1.05 bits per heavy atom. The van der Waals surface area contributed by atoms with Crippen molar-refractivity contribution in [2.24, 2.45) is 0 Å². The molecule has 0 N–H and O–H groups in total. The van der Waals surface area contributed by atoms with E-state index in [-0.39, 0.29) is 5.78 Å². The summed E-state index contributed by atoms with van der Waals surface area (Å²) >= 11 is 4.95. The van der Waals surface area contributed by atoms with Gasteiger partial charge in [-0.15, -0.1) is 11.8 Å². The van der Waals surface area contributed by atoms with Crippen LogP contribution in [0.25, 0.3) is 10.8 Å². The molecule has 3 rings (SSSR count). The summed E-state index contributed by atoms with van der Waals surface area (Å²) in [4.78, 5) is 17.7. The lowest BCUT2D eigenvalue weighted by Crippen LogP contribution is -2.03. The average molecular weight is 358 g/mol. The van der Waals surface area contributed by atoms with E-state index in [4.69, 9.17) is 0 Å². The lowest BCUT2D eigenvalue weighted by Gasteiger charge is -2.05. The minimum Gasteiger partial charge on any atom is -0.293 e. The number of benzene rings is 2. The van der Waals surface area contributed by atoms with Gasteiger partial charge < -0.3 is 0 Å². The van der Waals surface area contributed by atoms with E-state index in [9.17, 15) is 4.79 Å². The van der Waals surface area contributed by atoms with Crippen LogP contribution in [-0.2, 0) is 0 Å². The van der Waals surface area contributed by atoms with E-state index in [1.807, 2.05) is 48.5 Å². The second-order valence-corrected chi connectivity index (χ2v) is 6.54. The maximum absolute atomic E-state index is 12.4. The molecule has 0 aliphatic rings. The first-order chi connectivity index (χ1) is 10.2. The van der Waals surface area contributed by atoms with Gasteiger partial charge in [0.25, 0.3) is 0 Å². The lowest BCUT2D eigenvalue weighted by molar-refractivity contribution is 0.102. The first-order valence-corrected chi connectivity index (χ1v) is 8.26. The van der Waals surface area contributed by atoms with Gasteiger partial charge >= 0.3 is 0 Å². The van der Waals surface area contributed by atoms with Crippen LogP contribution in [0.1, 0.15) is 10.4 Å². The van der Waals surface area contributed by atoms with Crippen LogP contribution in [0.4, 0.5) is 0 Å². The Morgan fingerprint density at radius 2 is 1.81 bits per heavy atom. The Morgan fingerprint density at radius 3 is 2.62 bits per heavy atom. The van der Waals surface area contributed by atoms with Crippen molar-refractivity contribution in [2.75, 3.05) is 5.75 Å². The predicted molar refractivity (Wildman–Crippen MR) is 90.9 cm³/mol. The molecule has 2 nitrogen and oxygen atoms in total. The molecular formula is C17H12BrNOS. The summed E-state index contributed by atoms with van der Waals surface area (Å²) in [6, 6.07) is 15.8. The molecule has 0 saturated heterocycles. The van der Waals surface area contributed by atoms with Gasteiger partial charge in [-0.05, 0) is 29.7 Å². The number of hydrogen-bond acceptors (Lipinski definition) is 3. The SMILES string of the molecule is O=C(CSc1ccc(Br)cc1)c1cncc2ccccc12. The smallest absolute Gasteiger partial charge is 0.175 e. The number of hydrogen-bond donors (Lipinski definition) is 0. The molecule has 1 heterocycles. The molecule has 3 aromatic rings. The van der Waals surface area contributed by atoms with Crippen LogP contribution < -0.4 is 0 Å². The summed E-state index contributed by atoms with van der Waals surface area (Å²) in [5.74, 6) is 0.518. The van der Waals surface area contributed by atoms with E-state index in [1.54, 1.807) is 24.2 Å². The number of halogens is 1. The summed E-state index contributed by atoms with van der Waals surface area (Å²) < 4.78 is 1.04. The number of fused-ring (bicyclic) bond motifs is 1. The maximum Gasteiger partial charge on any atom is 0.175 e. The number of carbonyl (C=O) groups is 1. The molecule has 0 unspecified atom stereocenters. The van der Waals surface area contributed by atoms with Gasteiger partial charge in [0, 0.05) is 32.7 Å². The molecule has 4 heteroatoms. The van der Waals surface area contributed by atoms with Gasteiger partial charge in [0.1, 0.15) is 0 Å². The first kappa shape index (κ1) is 14.3. The third kappa shape index (κ3) is 3.34. The quantitative estimate of drug-likeness (QED) is 0.487. The van der Waals surface area contributed by atoms with E-state index < -0.39 is 0 Å². The number of nitrogens with zero attached hydrogens (tertiary/aromatic N) is 1. The van der Waals surface area contributed by atoms with E-state index in [2.05, 4.69) is 20.9 Å². The molecule has 0 bridgehead atoms. The topological polar surface area (TPSA) is 30.0 Å². The van der Waals surface area contributed by atoms with Gasteiger partial charge in [0.15, 0.2) is 5.78 Å². The van der Waals surface area contributed by atoms with Crippen molar-refractivity contribution in [2.45, 2.75) is 4.90 Å². The molecule has 2 aromatic carbocycles. The monoisotopic (exact) mass is 357 g/mol. The van der Waals surface area contributed by atoms with Crippen LogP contribution in [-0.4, -0.2) is 16.5 Å². The predicted octanol–water partition coefficient (Wildman–Crippen LogP) is 4.97. The molecule has 0 amide bonds. The number of rotatable bonds is 4. The lowest BCUT2D eigenvalue weighted by atomic mass is 10.1. The third-order valence-electron chi connectivity index (χ3n) is 3.15. The van der Waals surface area contributed by atoms with Crippen LogP contribution in [0.5, 0.6) is 0 Å². The fourth-order valence-electron chi connectivity index (χ4n) is 2.10. The van der Waals surface area contributed by atoms with Crippen molar-refractivity contribution in [1.82, 2.24) is 4.98 Å². The van der Waals surface area contributed by atoms with Crippen molar-refractivity contribution in [1.29, 1.82) is 0 Å². The molecule has 104 valence electrons. The van der Waals surface area contributed by atoms with Gasteiger partial charge in [-0.1, -0.05) is 40.2 Å². The molecule has 1 aromatic heterocycles. The molecule has 0 fully saturated rings. The van der Waals surface area contributed by atoms with Crippen molar-refractivity contribution in [3.63, 3.8) is 0 Å². The molecule has 0 radical (unpaired) electrons. The van der Waals surface area contributed by atoms with E-state index >= 15 is 0 Å². The van der Waals surface area contributed by atoms with Crippen LogP contribution in [0.2, 0.25) is 0 Å². The minimum atomic E-state index is 0.104. The number of thioether (sulfide) groups is 1. The van der Waals surface area contributed by atoms with Gasteiger partial charge in [-0.3, -0.25) is 9.78 Å². The number of pyridine rings is 1. The van der Waals surface area contributed by atoms with Gasteiger partial charge in [0.05, 0.1) is 5.75 Å². The number of ketones is 1. The molecule has 0 aliphatic heterocycles. The van der Waals surface area contributed by atoms with Gasteiger partial charge in [-0.2, -0.15) is 0 Å². The molecule has 0 saturated carbocycles. The summed E-state index contributed by atoms with van der Waals surface area (Å²) in [6.07, 6.45) is 3.45. The summed E-state index contributed by atoms with van der Waals surface area (Å²) in [5.41, 5.74) is 0.692. The fourth-order valence-corrected chi connectivity index (χ4v) is 3.14. The highest BCUT2D eigenvalue weighted by atomic mass is 79.9. The minimum absolute atomic E-state index is 0.104. The van der Waals surface area contributed by atoms with Crippen LogP contribution >= 0.6 is 27.7 Å². The zero-order chi connectivity index (χ0) is 14.7. The third-order valence-corrected chi connectivity index (χ3v) is 4.69.